The highest BCUT2D eigenvalue weighted by Gasteiger charge is 2.18. The molecule has 0 aliphatic carbocycles. The molecule has 5 heteroatoms. The molecule has 19 heavy (non-hydrogen) atoms. The van der Waals surface area contributed by atoms with Crippen LogP contribution in [-0.4, -0.2) is 35.4 Å². The van der Waals surface area contributed by atoms with E-state index in [4.69, 9.17) is 21.3 Å². The van der Waals surface area contributed by atoms with Gasteiger partial charge in [0, 0.05) is 30.6 Å². The Hall–Kier alpha value is -1.10. The molecule has 0 amide bonds. The SMILES string of the molecule is CCn1c(CC2COCCN2)nc2cc(Cl)ccc21. The van der Waals surface area contributed by atoms with Crippen LogP contribution in [0, 0.1) is 0 Å². The maximum Gasteiger partial charge on any atom is 0.111 e. The fraction of sp³-hybridized carbons (Fsp3) is 0.500. The molecule has 102 valence electrons. The number of benzene rings is 1. The van der Waals surface area contributed by atoms with Crippen molar-refractivity contribution in [1.82, 2.24) is 14.9 Å². The molecular formula is C14H18ClN3O. The standard InChI is InChI=1S/C14H18ClN3O/c1-2-18-13-4-3-10(15)7-12(13)17-14(18)8-11-9-19-6-5-16-11/h3-4,7,11,16H,2,5-6,8-9H2,1H3. The van der Waals surface area contributed by atoms with E-state index in [9.17, 15) is 0 Å². The Morgan fingerprint density at radius 2 is 2.42 bits per heavy atom. The van der Waals surface area contributed by atoms with Gasteiger partial charge in [-0.25, -0.2) is 4.98 Å². The molecule has 1 N–H and O–H groups in total. The highest BCUT2D eigenvalue weighted by molar-refractivity contribution is 6.31. The van der Waals surface area contributed by atoms with E-state index in [1.54, 1.807) is 0 Å². The average Bonchev–Trinajstić information content (AvgIpc) is 2.76. The van der Waals surface area contributed by atoms with E-state index < -0.39 is 0 Å². The number of nitrogens with zero attached hydrogens (tertiary/aromatic N) is 2. The molecule has 1 fully saturated rings. The molecule has 1 atom stereocenters. The van der Waals surface area contributed by atoms with Crippen molar-refractivity contribution in [3.05, 3.63) is 29.0 Å². The van der Waals surface area contributed by atoms with Crippen molar-refractivity contribution in [2.75, 3.05) is 19.8 Å². The summed E-state index contributed by atoms with van der Waals surface area (Å²) in [6, 6.07) is 6.25. The molecule has 0 bridgehead atoms. The molecule has 3 rings (SSSR count). The van der Waals surface area contributed by atoms with Crippen LogP contribution in [0.1, 0.15) is 12.7 Å². The van der Waals surface area contributed by atoms with E-state index >= 15 is 0 Å². The van der Waals surface area contributed by atoms with Crippen molar-refractivity contribution in [2.45, 2.75) is 25.9 Å². The number of ether oxygens (including phenoxy) is 1. The summed E-state index contributed by atoms with van der Waals surface area (Å²) in [4.78, 5) is 4.72. The van der Waals surface area contributed by atoms with Gasteiger partial charge in [0.15, 0.2) is 0 Å². The third-order valence-electron chi connectivity index (χ3n) is 3.53. The van der Waals surface area contributed by atoms with Crippen LogP contribution in [0.3, 0.4) is 0 Å². The summed E-state index contributed by atoms with van der Waals surface area (Å²) in [5.74, 6) is 1.10. The lowest BCUT2D eigenvalue weighted by Gasteiger charge is -2.23. The number of aromatic nitrogens is 2. The summed E-state index contributed by atoms with van der Waals surface area (Å²) in [5.41, 5.74) is 2.12. The minimum Gasteiger partial charge on any atom is -0.379 e. The fourth-order valence-corrected chi connectivity index (χ4v) is 2.80. The van der Waals surface area contributed by atoms with Crippen LogP contribution in [0.4, 0.5) is 0 Å². The summed E-state index contributed by atoms with van der Waals surface area (Å²) in [6.45, 7) is 5.54. The van der Waals surface area contributed by atoms with Crippen molar-refractivity contribution in [3.63, 3.8) is 0 Å². The van der Waals surface area contributed by atoms with Crippen molar-refractivity contribution >= 4 is 22.6 Å². The second-order valence-electron chi connectivity index (χ2n) is 4.84. The lowest BCUT2D eigenvalue weighted by Crippen LogP contribution is -2.43. The highest BCUT2D eigenvalue weighted by Crippen LogP contribution is 2.21. The monoisotopic (exact) mass is 279 g/mol. The molecule has 1 aliphatic heterocycles. The Labute approximate surface area is 117 Å². The largest absolute Gasteiger partial charge is 0.379 e. The van der Waals surface area contributed by atoms with Crippen LogP contribution >= 0.6 is 11.6 Å². The predicted molar refractivity (Wildman–Crippen MR) is 76.7 cm³/mol. The minimum absolute atomic E-state index is 0.353. The smallest absolute Gasteiger partial charge is 0.111 e. The zero-order chi connectivity index (χ0) is 13.2. The zero-order valence-electron chi connectivity index (χ0n) is 11.0. The Bertz CT molecular complexity index is 575. The van der Waals surface area contributed by atoms with Gasteiger partial charge in [-0.3, -0.25) is 0 Å². The Morgan fingerprint density at radius 1 is 1.53 bits per heavy atom. The lowest BCUT2D eigenvalue weighted by molar-refractivity contribution is 0.0762. The minimum atomic E-state index is 0.353. The van der Waals surface area contributed by atoms with Crippen molar-refractivity contribution in [3.8, 4) is 0 Å². The van der Waals surface area contributed by atoms with E-state index in [0.29, 0.717) is 6.04 Å². The number of rotatable bonds is 3. The molecule has 2 heterocycles. The second kappa shape index (κ2) is 5.49. The van der Waals surface area contributed by atoms with Crippen LogP contribution < -0.4 is 5.32 Å². The molecule has 1 unspecified atom stereocenters. The van der Waals surface area contributed by atoms with Gasteiger partial charge in [-0.15, -0.1) is 0 Å². The van der Waals surface area contributed by atoms with Crippen molar-refractivity contribution in [1.29, 1.82) is 0 Å². The number of fused-ring (bicyclic) bond motifs is 1. The number of hydrogen-bond acceptors (Lipinski definition) is 3. The number of nitrogens with one attached hydrogen (secondary N) is 1. The highest BCUT2D eigenvalue weighted by atomic mass is 35.5. The normalized spacial score (nSPS) is 20.0. The summed E-state index contributed by atoms with van der Waals surface area (Å²) >= 11 is 6.03. The van der Waals surface area contributed by atoms with Crippen LogP contribution in [0.25, 0.3) is 11.0 Å². The van der Waals surface area contributed by atoms with Crippen LogP contribution in [0.15, 0.2) is 18.2 Å². The van der Waals surface area contributed by atoms with Crippen LogP contribution in [-0.2, 0) is 17.7 Å². The molecule has 0 spiro atoms. The van der Waals surface area contributed by atoms with Gasteiger partial charge >= 0.3 is 0 Å². The quantitative estimate of drug-likeness (QED) is 0.937. The Morgan fingerprint density at radius 3 is 3.16 bits per heavy atom. The first kappa shape index (κ1) is 12.9. The van der Waals surface area contributed by atoms with Gasteiger partial charge in [0.25, 0.3) is 0 Å². The van der Waals surface area contributed by atoms with Crippen LogP contribution in [0.5, 0.6) is 0 Å². The number of imidazole rings is 1. The first-order valence-corrected chi connectivity index (χ1v) is 7.11. The maximum absolute atomic E-state index is 6.03. The van der Waals surface area contributed by atoms with E-state index in [1.807, 2.05) is 18.2 Å². The number of aryl methyl sites for hydroxylation is 1. The van der Waals surface area contributed by atoms with E-state index in [2.05, 4.69) is 16.8 Å². The first-order chi connectivity index (χ1) is 9.28. The van der Waals surface area contributed by atoms with Gasteiger partial charge in [-0.1, -0.05) is 11.6 Å². The summed E-state index contributed by atoms with van der Waals surface area (Å²) < 4.78 is 7.75. The van der Waals surface area contributed by atoms with Gasteiger partial charge in [-0.05, 0) is 25.1 Å². The number of halogens is 1. The fourth-order valence-electron chi connectivity index (χ4n) is 2.63. The molecule has 0 radical (unpaired) electrons. The Kier molecular flexibility index (Phi) is 3.73. The van der Waals surface area contributed by atoms with Gasteiger partial charge in [0.05, 0.1) is 24.2 Å². The van der Waals surface area contributed by atoms with Gasteiger partial charge in [-0.2, -0.15) is 0 Å². The molecule has 1 aromatic heterocycles. The molecular weight excluding hydrogens is 262 g/mol. The van der Waals surface area contributed by atoms with Crippen molar-refractivity contribution in [2.24, 2.45) is 0 Å². The van der Waals surface area contributed by atoms with E-state index in [1.165, 1.54) is 0 Å². The number of morpholine rings is 1. The summed E-state index contributed by atoms with van der Waals surface area (Å²) in [6.07, 6.45) is 0.889. The molecule has 0 saturated carbocycles. The molecule has 1 saturated heterocycles. The molecule has 1 aromatic carbocycles. The van der Waals surface area contributed by atoms with Crippen LogP contribution in [0.2, 0.25) is 5.02 Å². The predicted octanol–water partition coefficient (Wildman–Crippen LogP) is 2.24. The van der Waals surface area contributed by atoms with Gasteiger partial charge in [0.1, 0.15) is 5.82 Å². The van der Waals surface area contributed by atoms with Gasteiger partial charge < -0.3 is 14.6 Å². The Balaban J connectivity index is 1.93. The molecule has 2 aromatic rings. The second-order valence-corrected chi connectivity index (χ2v) is 5.27. The maximum atomic E-state index is 6.03. The molecule has 1 aliphatic rings. The van der Waals surface area contributed by atoms with Gasteiger partial charge in [0.2, 0.25) is 0 Å². The third-order valence-corrected chi connectivity index (χ3v) is 3.77. The summed E-state index contributed by atoms with van der Waals surface area (Å²) in [5, 5.41) is 4.21. The lowest BCUT2D eigenvalue weighted by atomic mass is 10.2. The zero-order valence-corrected chi connectivity index (χ0v) is 11.8. The first-order valence-electron chi connectivity index (χ1n) is 6.73. The average molecular weight is 280 g/mol. The van der Waals surface area contributed by atoms with E-state index in [-0.39, 0.29) is 0 Å². The number of hydrogen-bond donors (Lipinski definition) is 1. The molecule has 4 nitrogen and oxygen atoms in total. The summed E-state index contributed by atoms with van der Waals surface area (Å²) in [7, 11) is 0. The van der Waals surface area contributed by atoms with E-state index in [0.717, 1.165) is 54.6 Å². The van der Waals surface area contributed by atoms with Crippen molar-refractivity contribution < 1.29 is 4.74 Å². The topological polar surface area (TPSA) is 39.1 Å². The third kappa shape index (κ3) is 2.61.